The van der Waals surface area contributed by atoms with E-state index in [0.717, 1.165) is 24.1 Å². The maximum atomic E-state index is 12.1. The molecule has 0 radical (unpaired) electrons. The maximum absolute atomic E-state index is 12.1. The molecule has 0 saturated heterocycles. The minimum Gasteiger partial charge on any atom is -0.480 e. The fourth-order valence-electron chi connectivity index (χ4n) is 2.34. The first-order valence-electron chi connectivity index (χ1n) is 7.26. The molecule has 114 valence electrons. The van der Waals surface area contributed by atoms with Crippen LogP contribution in [0.15, 0.2) is 36.4 Å². The van der Waals surface area contributed by atoms with Crippen molar-refractivity contribution in [3.63, 3.8) is 0 Å². The Bertz CT molecular complexity index is 677. The Labute approximate surface area is 127 Å². The Morgan fingerprint density at radius 1 is 1.32 bits per heavy atom. The largest absolute Gasteiger partial charge is 0.480 e. The van der Waals surface area contributed by atoms with E-state index < -0.39 is 17.9 Å². The Kier molecular flexibility index (Phi) is 3.91. The first kappa shape index (κ1) is 14.3. The summed E-state index contributed by atoms with van der Waals surface area (Å²) < 4.78 is 0. The van der Waals surface area contributed by atoms with Gasteiger partial charge in [-0.15, -0.1) is 0 Å². The van der Waals surface area contributed by atoms with E-state index in [-0.39, 0.29) is 12.1 Å². The molecule has 6 heteroatoms. The number of hydrogen-bond donors (Lipinski definition) is 3. The minimum absolute atomic E-state index is 0.237. The second kappa shape index (κ2) is 6.01. The standard InChI is InChI=1S/C16H17N3O3/c20-15(13-9-12(18-19-13)11-6-7-11)17-14(16(21)22)8-10-4-2-1-3-5-10/h1-5,9,11,14H,6-8H2,(H,17,20)(H,18,19)(H,21,22). The fraction of sp³-hybridized carbons (Fsp3) is 0.312. The van der Waals surface area contributed by atoms with Gasteiger partial charge in [-0.2, -0.15) is 5.10 Å². The predicted molar refractivity (Wildman–Crippen MR) is 79.6 cm³/mol. The third kappa shape index (κ3) is 3.33. The monoisotopic (exact) mass is 299 g/mol. The van der Waals surface area contributed by atoms with E-state index >= 15 is 0 Å². The molecule has 1 aliphatic carbocycles. The average Bonchev–Trinajstić information content (AvgIpc) is 3.24. The molecule has 2 aromatic rings. The number of carbonyl (C=O) groups excluding carboxylic acids is 1. The van der Waals surface area contributed by atoms with Gasteiger partial charge in [0.05, 0.1) is 0 Å². The van der Waals surface area contributed by atoms with Crippen molar-refractivity contribution in [3.8, 4) is 0 Å². The van der Waals surface area contributed by atoms with E-state index in [4.69, 9.17) is 0 Å². The molecule has 1 aliphatic rings. The van der Waals surface area contributed by atoms with Gasteiger partial charge >= 0.3 is 5.97 Å². The number of aromatic nitrogens is 2. The number of aromatic amines is 1. The fourth-order valence-corrected chi connectivity index (χ4v) is 2.34. The molecule has 0 spiro atoms. The van der Waals surface area contributed by atoms with Gasteiger partial charge in [0, 0.05) is 18.0 Å². The molecule has 3 rings (SSSR count). The number of hydrogen-bond acceptors (Lipinski definition) is 3. The zero-order valence-corrected chi connectivity index (χ0v) is 12.0. The van der Waals surface area contributed by atoms with Crippen molar-refractivity contribution in [2.45, 2.75) is 31.2 Å². The molecular weight excluding hydrogens is 282 g/mol. The zero-order valence-electron chi connectivity index (χ0n) is 12.0. The van der Waals surface area contributed by atoms with Crippen molar-refractivity contribution >= 4 is 11.9 Å². The number of carboxylic acid groups (broad SMARTS) is 1. The van der Waals surface area contributed by atoms with Gasteiger partial charge < -0.3 is 10.4 Å². The third-order valence-electron chi connectivity index (χ3n) is 3.73. The summed E-state index contributed by atoms with van der Waals surface area (Å²) in [5.41, 5.74) is 2.04. The van der Waals surface area contributed by atoms with Crippen LogP contribution in [0, 0.1) is 0 Å². The van der Waals surface area contributed by atoms with Crippen LogP contribution in [0.25, 0.3) is 0 Å². The number of amides is 1. The Hall–Kier alpha value is -2.63. The SMILES string of the molecule is O=C(NC(Cc1ccccc1)C(=O)O)c1cc(C2CC2)[nH]n1. The van der Waals surface area contributed by atoms with Gasteiger partial charge in [-0.25, -0.2) is 4.79 Å². The van der Waals surface area contributed by atoms with Crippen LogP contribution in [-0.4, -0.2) is 33.2 Å². The molecule has 0 aliphatic heterocycles. The van der Waals surface area contributed by atoms with Crippen LogP contribution in [0.4, 0.5) is 0 Å². The van der Waals surface area contributed by atoms with E-state index in [9.17, 15) is 14.7 Å². The quantitative estimate of drug-likeness (QED) is 0.756. The van der Waals surface area contributed by atoms with E-state index in [1.807, 2.05) is 30.3 Å². The van der Waals surface area contributed by atoms with E-state index in [1.165, 1.54) is 0 Å². The Morgan fingerprint density at radius 3 is 2.68 bits per heavy atom. The summed E-state index contributed by atoms with van der Waals surface area (Å²) in [7, 11) is 0. The summed E-state index contributed by atoms with van der Waals surface area (Å²) >= 11 is 0. The third-order valence-corrected chi connectivity index (χ3v) is 3.73. The molecule has 0 bridgehead atoms. The highest BCUT2D eigenvalue weighted by molar-refractivity contribution is 5.95. The number of nitrogens with one attached hydrogen (secondary N) is 2. The summed E-state index contributed by atoms with van der Waals surface area (Å²) in [6, 6.07) is 9.94. The number of H-pyrrole nitrogens is 1. The molecule has 1 saturated carbocycles. The van der Waals surface area contributed by atoms with Crippen LogP contribution in [0.5, 0.6) is 0 Å². The zero-order chi connectivity index (χ0) is 15.5. The molecule has 1 unspecified atom stereocenters. The number of rotatable bonds is 6. The Balaban J connectivity index is 1.67. The van der Waals surface area contributed by atoms with Gasteiger partial charge in [0.25, 0.3) is 5.91 Å². The van der Waals surface area contributed by atoms with Crippen molar-refractivity contribution in [1.82, 2.24) is 15.5 Å². The lowest BCUT2D eigenvalue weighted by atomic mass is 10.1. The summed E-state index contributed by atoms with van der Waals surface area (Å²) in [5.74, 6) is -1.06. The van der Waals surface area contributed by atoms with Crippen molar-refractivity contribution in [1.29, 1.82) is 0 Å². The van der Waals surface area contributed by atoms with Crippen LogP contribution in [0.2, 0.25) is 0 Å². The number of nitrogens with zero attached hydrogens (tertiary/aromatic N) is 1. The summed E-state index contributed by atoms with van der Waals surface area (Å²) in [6.45, 7) is 0. The van der Waals surface area contributed by atoms with Crippen molar-refractivity contribution in [2.24, 2.45) is 0 Å². The molecule has 1 aromatic heterocycles. The lowest BCUT2D eigenvalue weighted by Gasteiger charge is -2.13. The van der Waals surface area contributed by atoms with Crippen molar-refractivity contribution in [3.05, 3.63) is 53.3 Å². The normalized spacial score (nSPS) is 15.3. The number of carboxylic acids is 1. The maximum Gasteiger partial charge on any atom is 0.326 e. The summed E-state index contributed by atoms with van der Waals surface area (Å²) in [4.78, 5) is 23.5. The lowest BCUT2D eigenvalue weighted by Crippen LogP contribution is -2.42. The summed E-state index contributed by atoms with van der Waals surface area (Å²) in [6.07, 6.45) is 2.45. The molecule has 1 fully saturated rings. The average molecular weight is 299 g/mol. The molecule has 1 amide bonds. The van der Waals surface area contributed by atoms with E-state index in [0.29, 0.717) is 5.92 Å². The molecular formula is C16H17N3O3. The van der Waals surface area contributed by atoms with Gasteiger partial charge in [0.1, 0.15) is 11.7 Å². The molecule has 6 nitrogen and oxygen atoms in total. The number of aliphatic carboxylic acids is 1. The van der Waals surface area contributed by atoms with E-state index in [1.54, 1.807) is 6.07 Å². The molecule has 22 heavy (non-hydrogen) atoms. The molecule has 1 aromatic carbocycles. The van der Waals surface area contributed by atoms with Gasteiger partial charge in [0.2, 0.25) is 0 Å². The van der Waals surface area contributed by atoms with Crippen LogP contribution < -0.4 is 5.32 Å². The van der Waals surface area contributed by atoms with Crippen LogP contribution >= 0.6 is 0 Å². The second-order valence-corrected chi connectivity index (χ2v) is 5.54. The van der Waals surface area contributed by atoms with Gasteiger partial charge in [-0.05, 0) is 24.5 Å². The van der Waals surface area contributed by atoms with Gasteiger partial charge in [-0.3, -0.25) is 9.89 Å². The van der Waals surface area contributed by atoms with Crippen molar-refractivity contribution < 1.29 is 14.7 Å². The van der Waals surface area contributed by atoms with Crippen LogP contribution in [0.3, 0.4) is 0 Å². The highest BCUT2D eigenvalue weighted by Crippen LogP contribution is 2.38. The lowest BCUT2D eigenvalue weighted by molar-refractivity contribution is -0.139. The molecule has 3 N–H and O–H groups in total. The molecule has 1 atom stereocenters. The smallest absolute Gasteiger partial charge is 0.326 e. The molecule has 1 heterocycles. The topological polar surface area (TPSA) is 95.1 Å². The first-order valence-corrected chi connectivity index (χ1v) is 7.26. The minimum atomic E-state index is -1.06. The first-order chi connectivity index (χ1) is 10.6. The van der Waals surface area contributed by atoms with E-state index in [2.05, 4.69) is 15.5 Å². The highest BCUT2D eigenvalue weighted by atomic mass is 16.4. The van der Waals surface area contributed by atoms with Gasteiger partial charge in [0.15, 0.2) is 0 Å². The van der Waals surface area contributed by atoms with Crippen LogP contribution in [-0.2, 0) is 11.2 Å². The predicted octanol–water partition coefficient (Wildman–Crippen LogP) is 1.71. The number of carbonyl (C=O) groups is 2. The second-order valence-electron chi connectivity index (χ2n) is 5.54. The van der Waals surface area contributed by atoms with Gasteiger partial charge in [-0.1, -0.05) is 30.3 Å². The number of benzene rings is 1. The Morgan fingerprint density at radius 2 is 2.05 bits per heavy atom. The van der Waals surface area contributed by atoms with Crippen LogP contribution in [0.1, 0.15) is 40.5 Å². The van der Waals surface area contributed by atoms with Crippen molar-refractivity contribution in [2.75, 3.05) is 0 Å². The summed E-state index contributed by atoms with van der Waals surface area (Å²) in [5, 5.41) is 18.6. The highest BCUT2D eigenvalue weighted by Gasteiger charge is 2.27.